The van der Waals surface area contributed by atoms with Crippen LogP contribution in [-0.2, 0) is 16.6 Å². The molecule has 2 rings (SSSR count). The molecule has 108 valence electrons. The lowest BCUT2D eigenvalue weighted by Crippen LogP contribution is -2.19. The minimum absolute atomic E-state index is 0.202. The largest absolute Gasteiger partial charge is 0.297 e. The zero-order chi connectivity index (χ0) is 14.9. The molecule has 1 heterocycles. The van der Waals surface area contributed by atoms with Crippen molar-refractivity contribution < 1.29 is 8.42 Å². The fourth-order valence-electron chi connectivity index (χ4n) is 2.00. The SMILES string of the molecule is CCCn1c(-c2cc(C)cc(Br)c2)nnc1S(N)(=O)=O. The van der Waals surface area contributed by atoms with Crippen molar-refractivity contribution in [3.05, 3.63) is 28.2 Å². The molecule has 0 amide bonds. The second kappa shape index (κ2) is 5.63. The first-order chi connectivity index (χ1) is 9.32. The number of halogens is 1. The number of sulfonamides is 1. The van der Waals surface area contributed by atoms with E-state index in [1.54, 1.807) is 0 Å². The molecule has 1 aromatic heterocycles. The van der Waals surface area contributed by atoms with E-state index in [9.17, 15) is 8.42 Å². The van der Waals surface area contributed by atoms with E-state index in [0.717, 1.165) is 22.0 Å². The maximum atomic E-state index is 11.6. The Labute approximate surface area is 126 Å². The van der Waals surface area contributed by atoms with Crippen LogP contribution in [0.2, 0.25) is 0 Å². The number of primary sulfonamides is 1. The second-order valence-electron chi connectivity index (χ2n) is 4.52. The minimum Gasteiger partial charge on any atom is -0.297 e. The third kappa shape index (κ3) is 3.08. The van der Waals surface area contributed by atoms with Crippen molar-refractivity contribution in [1.29, 1.82) is 0 Å². The highest BCUT2D eigenvalue weighted by Gasteiger charge is 2.21. The van der Waals surface area contributed by atoms with Crippen molar-refractivity contribution in [1.82, 2.24) is 14.8 Å². The van der Waals surface area contributed by atoms with Gasteiger partial charge in [0.2, 0.25) is 0 Å². The maximum absolute atomic E-state index is 11.6. The van der Waals surface area contributed by atoms with Gasteiger partial charge in [-0.1, -0.05) is 22.9 Å². The number of nitrogens with two attached hydrogens (primary N) is 1. The summed E-state index contributed by atoms with van der Waals surface area (Å²) in [6.07, 6.45) is 0.751. The van der Waals surface area contributed by atoms with Crippen LogP contribution in [-0.4, -0.2) is 23.2 Å². The van der Waals surface area contributed by atoms with Crippen LogP contribution in [0.15, 0.2) is 27.8 Å². The van der Waals surface area contributed by atoms with E-state index in [2.05, 4.69) is 26.1 Å². The number of aromatic nitrogens is 3. The van der Waals surface area contributed by atoms with Gasteiger partial charge in [0.1, 0.15) is 0 Å². The van der Waals surface area contributed by atoms with Crippen molar-refractivity contribution in [2.75, 3.05) is 0 Å². The van der Waals surface area contributed by atoms with Gasteiger partial charge in [0.05, 0.1) is 0 Å². The average molecular weight is 359 g/mol. The molecule has 0 aliphatic rings. The Morgan fingerprint density at radius 2 is 2.00 bits per heavy atom. The molecule has 0 saturated heterocycles. The average Bonchev–Trinajstić information content (AvgIpc) is 2.71. The molecular formula is C12H15BrN4O2S. The molecule has 0 fully saturated rings. The van der Waals surface area contributed by atoms with Gasteiger partial charge in [0, 0.05) is 16.6 Å². The highest BCUT2D eigenvalue weighted by Crippen LogP contribution is 2.25. The number of benzene rings is 1. The highest BCUT2D eigenvalue weighted by molar-refractivity contribution is 9.10. The number of aryl methyl sites for hydroxylation is 1. The van der Waals surface area contributed by atoms with Gasteiger partial charge < -0.3 is 0 Å². The predicted molar refractivity (Wildman–Crippen MR) is 79.6 cm³/mol. The zero-order valence-electron chi connectivity index (χ0n) is 11.2. The minimum atomic E-state index is -3.89. The van der Waals surface area contributed by atoms with Gasteiger partial charge in [-0.15, -0.1) is 10.2 Å². The monoisotopic (exact) mass is 358 g/mol. The van der Waals surface area contributed by atoms with E-state index >= 15 is 0 Å². The zero-order valence-corrected chi connectivity index (χ0v) is 13.6. The molecule has 20 heavy (non-hydrogen) atoms. The summed E-state index contributed by atoms with van der Waals surface area (Å²) in [5, 5.41) is 12.7. The smallest absolute Gasteiger partial charge is 0.273 e. The molecule has 6 nitrogen and oxygen atoms in total. The standard InChI is InChI=1S/C12H15BrN4O2S/c1-3-4-17-11(15-16-12(17)20(14,18)19)9-5-8(2)6-10(13)7-9/h5-7H,3-4H2,1-2H3,(H2,14,18,19). The molecule has 0 radical (unpaired) electrons. The van der Waals surface area contributed by atoms with Crippen LogP contribution in [0.3, 0.4) is 0 Å². The van der Waals surface area contributed by atoms with E-state index in [1.807, 2.05) is 32.0 Å². The molecule has 0 atom stereocenters. The van der Waals surface area contributed by atoms with Crippen LogP contribution in [0.5, 0.6) is 0 Å². The summed E-state index contributed by atoms with van der Waals surface area (Å²) < 4.78 is 25.5. The Balaban J connectivity index is 2.65. The Bertz CT molecular complexity index is 720. The lowest BCUT2D eigenvalue weighted by molar-refractivity contribution is 0.559. The predicted octanol–water partition coefficient (Wildman–Crippen LogP) is 2.07. The van der Waals surface area contributed by atoms with Gasteiger partial charge >= 0.3 is 0 Å². The third-order valence-corrected chi connectivity index (χ3v) is 3.99. The summed E-state index contributed by atoms with van der Waals surface area (Å²) >= 11 is 3.42. The summed E-state index contributed by atoms with van der Waals surface area (Å²) in [7, 11) is -3.89. The van der Waals surface area contributed by atoms with Crippen LogP contribution in [0.4, 0.5) is 0 Å². The summed E-state index contributed by atoms with van der Waals surface area (Å²) in [6, 6.07) is 5.76. The Morgan fingerprint density at radius 1 is 1.30 bits per heavy atom. The highest BCUT2D eigenvalue weighted by atomic mass is 79.9. The van der Waals surface area contributed by atoms with Crippen LogP contribution in [0, 0.1) is 6.92 Å². The number of hydrogen-bond donors (Lipinski definition) is 1. The van der Waals surface area contributed by atoms with Crippen molar-refractivity contribution in [3.8, 4) is 11.4 Å². The molecule has 1 aromatic carbocycles. The molecule has 0 aliphatic heterocycles. The van der Waals surface area contributed by atoms with Crippen LogP contribution >= 0.6 is 15.9 Å². The van der Waals surface area contributed by atoms with E-state index in [4.69, 9.17) is 5.14 Å². The molecule has 2 aromatic rings. The first-order valence-electron chi connectivity index (χ1n) is 6.06. The number of rotatable bonds is 4. The normalized spacial score (nSPS) is 11.8. The molecule has 8 heteroatoms. The third-order valence-electron chi connectivity index (χ3n) is 2.72. The van der Waals surface area contributed by atoms with E-state index in [-0.39, 0.29) is 5.16 Å². The lowest BCUT2D eigenvalue weighted by atomic mass is 10.1. The van der Waals surface area contributed by atoms with Gasteiger partial charge in [-0.2, -0.15) is 0 Å². The second-order valence-corrected chi connectivity index (χ2v) is 6.89. The lowest BCUT2D eigenvalue weighted by Gasteiger charge is -2.08. The quantitative estimate of drug-likeness (QED) is 0.905. The van der Waals surface area contributed by atoms with Crippen LogP contribution < -0.4 is 5.14 Å². The molecule has 0 saturated carbocycles. The van der Waals surface area contributed by atoms with Gasteiger partial charge in [0.25, 0.3) is 15.2 Å². The fraction of sp³-hybridized carbons (Fsp3) is 0.333. The van der Waals surface area contributed by atoms with E-state index in [0.29, 0.717) is 12.4 Å². The first kappa shape index (κ1) is 15.1. The molecule has 2 N–H and O–H groups in total. The molecule has 0 aliphatic carbocycles. The molecular weight excluding hydrogens is 344 g/mol. The Hall–Kier alpha value is -1.25. The first-order valence-corrected chi connectivity index (χ1v) is 8.40. The van der Waals surface area contributed by atoms with Crippen molar-refractivity contribution in [2.24, 2.45) is 5.14 Å². The number of nitrogens with zero attached hydrogens (tertiary/aromatic N) is 3. The van der Waals surface area contributed by atoms with Crippen molar-refractivity contribution >= 4 is 26.0 Å². The van der Waals surface area contributed by atoms with Gasteiger partial charge in [0.15, 0.2) is 5.82 Å². The Morgan fingerprint density at radius 3 is 2.55 bits per heavy atom. The summed E-state index contributed by atoms with van der Waals surface area (Å²) in [6.45, 7) is 4.39. The topological polar surface area (TPSA) is 90.9 Å². The Kier molecular flexibility index (Phi) is 4.26. The van der Waals surface area contributed by atoms with Crippen LogP contribution in [0.1, 0.15) is 18.9 Å². The van der Waals surface area contributed by atoms with Crippen molar-refractivity contribution in [2.45, 2.75) is 32.0 Å². The summed E-state index contributed by atoms with van der Waals surface area (Å²) in [5.41, 5.74) is 1.84. The summed E-state index contributed by atoms with van der Waals surface area (Å²) in [5.74, 6) is 0.500. The molecule has 0 spiro atoms. The maximum Gasteiger partial charge on any atom is 0.273 e. The number of hydrogen-bond acceptors (Lipinski definition) is 4. The van der Waals surface area contributed by atoms with Gasteiger partial charge in [-0.05, 0) is 37.1 Å². The molecule has 0 unspecified atom stereocenters. The van der Waals surface area contributed by atoms with Crippen molar-refractivity contribution in [3.63, 3.8) is 0 Å². The van der Waals surface area contributed by atoms with Gasteiger partial charge in [-0.25, -0.2) is 13.6 Å². The van der Waals surface area contributed by atoms with Gasteiger partial charge in [-0.3, -0.25) is 4.57 Å². The van der Waals surface area contributed by atoms with E-state index < -0.39 is 10.0 Å². The van der Waals surface area contributed by atoms with E-state index in [1.165, 1.54) is 4.57 Å². The summed E-state index contributed by atoms with van der Waals surface area (Å²) in [4.78, 5) is 0. The molecule has 0 bridgehead atoms. The van der Waals surface area contributed by atoms with Crippen LogP contribution in [0.25, 0.3) is 11.4 Å². The fourth-order valence-corrected chi connectivity index (χ4v) is 3.25.